The first-order valence-corrected chi connectivity index (χ1v) is 7.26. The van der Waals surface area contributed by atoms with Crippen molar-refractivity contribution in [3.05, 3.63) is 34.9 Å². The van der Waals surface area contributed by atoms with Gasteiger partial charge in [0.05, 0.1) is 0 Å². The Morgan fingerprint density at radius 1 is 1.00 bits per heavy atom. The zero-order valence-corrected chi connectivity index (χ0v) is 13.7. The van der Waals surface area contributed by atoms with Crippen molar-refractivity contribution in [1.29, 1.82) is 0 Å². The highest BCUT2D eigenvalue weighted by molar-refractivity contribution is 6.01. The van der Waals surface area contributed by atoms with Crippen LogP contribution in [-0.2, 0) is 16.1 Å². The first-order valence-electron chi connectivity index (χ1n) is 7.26. The van der Waals surface area contributed by atoms with Gasteiger partial charge in [0.1, 0.15) is 11.1 Å². The Labute approximate surface area is 126 Å². The molecule has 0 spiro atoms. The number of aryl methyl sites for hydroxylation is 2. The number of hydrogen-bond acceptors (Lipinski definition) is 2. The molecule has 0 saturated carbocycles. The van der Waals surface area contributed by atoms with E-state index >= 15 is 0 Å². The van der Waals surface area contributed by atoms with E-state index in [4.69, 9.17) is 0 Å². The summed E-state index contributed by atoms with van der Waals surface area (Å²) in [6.45, 7) is 11.6. The molecule has 1 aromatic rings. The molecule has 2 amide bonds. The van der Waals surface area contributed by atoms with E-state index < -0.39 is 11.1 Å². The first kappa shape index (κ1) is 15.5. The summed E-state index contributed by atoms with van der Waals surface area (Å²) in [5.74, 6) is -0.164. The van der Waals surface area contributed by atoms with Crippen molar-refractivity contribution in [2.24, 2.45) is 0 Å². The zero-order chi connectivity index (χ0) is 16.0. The molecule has 1 aliphatic rings. The van der Waals surface area contributed by atoms with Gasteiger partial charge in [-0.05, 0) is 47.1 Å². The van der Waals surface area contributed by atoms with Gasteiger partial charge < -0.3 is 10.2 Å². The Kier molecular flexibility index (Phi) is 3.60. The number of hydrogen-bond donors (Lipinski definition) is 1. The van der Waals surface area contributed by atoms with Gasteiger partial charge in [-0.15, -0.1) is 0 Å². The van der Waals surface area contributed by atoms with Crippen LogP contribution in [0.15, 0.2) is 18.2 Å². The molecular weight excluding hydrogens is 264 g/mol. The summed E-state index contributed by atoms with van der Waals surface area (Å²) in [6.07, 6.45) is 0. The van der Waals surface area contributed by atoms with E-state index in [1.165, 1.54) is 0 Å². The Morgan fingerprint density at radius 3 is 2.05 bits per heavy atom. The Balaban J connectivity index is 2.39. The highest BCUT2D eigenvalue weighted by Crippen LogP contribution is 2.28. The summed E-state index contributed by atoms with van der Waals surface area (Å²) in [7, 11) is 0. The number of carbonyl (C=O) groups excluding carboxylic acids is 2. The van der Waals surface area contributed by atoms with Gasteiger partial charge in [0.2, 0.25) is 11.8 Å². The average molecular weight is 288 g/mol. The van der Waals surface area contributed by atoms with Crippen LogP contribution in [0.5, 0.6) is 0 Å². The molecule has 0 radical (unpaired) electrons. The minimum Gasteiger partial charge on any atom is -0.340 e. The summed E-state index contributed by atoms with van der Waals surface area (Å²) < 4.78 is 0. The first-order chi connectivity index (χ1) is 9.54. The SMILES string of the molecule is Cc1cc(C)cc(CN2C(=O)C(C)(C)NC(=O)C2(C)C)c1. The van der Waals surface area contributed by atoms with Gasteiger partial charge in [0, 0.05) is 6.54 Å². The molecule has 4 heteroatoms. The molecule has 21 heavy (non-hydrogen) atoms. The second-order valence-electron chi connectivity index (χ2n) is 7.03. The fourth-order valence-electron chi connectivity index (χ4n) is 2.82. The lowest BCUT2D eigenvalue weighted by Crippen LogP contribution is -2.71. The molecule has 0 unspecified atom stereocenters. The van der Waals surface area contributed by atoms with Gasteiger partial charge in [-0.1, -0.05) is 29.3 Å². The normalized spacial score (nSPS) is 20.4. The number of carbonyl (C=O) groups is 2. The van der Waals surface area contributed by atoms with Crippen LogP contribution in [0.4, 0.5) is 0 Å². The number of amides is 2. The highest BCUT2D eigenvalue weighted by atomic mass is 16.2. The third-order valence-corrected chi connectivity index (χ3v) is 4.06. The van der Waals surface area contributed by atoms with Crippen LogP contribution < -0.4 is 5.32 Å². The smallest absolute Gasteiger partial charge is 0.248 e. The highest BCUT2D eigenvalue weighted by Gasteiger charge is 2.49. The average Bonchev–Trinajstić information content (AvgIpc) is 2.31. The van der Waals surface area contributed by atoms with Crippen molar-refractivity contribution in [2.75, 3.05) is 0 Å². The van der Waals surface area contributed by atoms with Crippen LogP contribution in [0.3, 0.4) is 0 Å². The number of nitrogens with zero attached hydrogens (tertiary/aromatic N) is 1. The van der Waals surface area contributed by atoms with E-state index in [1.807, 2.05) is 13.8 Å². The second kappa shape index (κ2) is 4.86. The predicted molar refractivity (Wildman–Crippen MR) is 82.8 cm³/mol. The van der Waals surface area contributed by atoms with Gasteiger partial charge in [-0.25, -0.2) is 0 Å². The standard InChI is InChI=1S/C17H24N2O2/c1-11-7-12(2)9-13(8-11)10-19-15(21)16(3,4)18-14(20)17(19,5)6/h7-9H,10H2,1-6H3,(H,18,20). The maximum absolute atomic E-state index is 12.7. The van der Waals surface area contributed by atoms with E-state index in [1.54, 1.807) is 32.6 Å². The van der Waals surface area contributed by atoms with Crippen LogP contribution >= 0.6 is 0 Å². The van der Waals surface area contributed by atoms with Gasteiger partial charge in [0.25, 0.3) is 0 Å². The molecule has 1 aliphatic heterocycles. The van der Waals surface area contributed by atoms with Crippen LogP contribution in [0, 0.1) is 13.8 Å². The second-order valence-corrected chi connectivity index (χ2v) is 7.03. The van der Waals surface area contributed by atoms with Crippen LogP contribution in [0.25, 0.3) is 0 Å². The Bertz CT molecular complexity index is 583. The largest absolute Gasteiger partial charge is 0.340 e. The molecule has 0 aliphatic carbocycles. The lowest BCUT2D eigenvalue weighted by molar-refractivity contribution is -0.160. The minimum absolute atomic E-state index is 0.0498. The molecule has 1 heterocycles. The topological polar surface area (TPSA) is 49.4 Å². The van der Waals surface area contributed by atoms with E-state index in [0.29, 0.717) is 6.54 Å². The van der Waals surface area contributed by atoms with Gasteiger partial charge in [-0.3, -0.25) is 9.59 Å². The van der Waals surface area contributed by atoms with Crippen LogP contribution in [0.1, 0.15) is 44.4 Å². The third kappa shape index (κ3) is 2.80. The molecule has 0 aromatic heterocycles. The summed E-state index contributed by atoms with van der Waals surface area (Å²) in [6, 6.07) is 6.23. The Hall–Kier alpha value is -1.84. The molecule has 0 bridgehead atoms. The molecule has 0 atom stereocenters. The van der Waals surface area contributed by atoms with Crippen molar-refractivity contribution < 1.29 is 9.59 Å². The molecule has 114 valence electrons. The van der Waals surface area contributed by atoms with Crippen LogP contribution in [0.2, 0.25) is 0 Å². The fraction of sp³-hybridized carbons (Fsp3) is 0.529. The number of rotatable bonds is 2. The summed E-state index contributed by atoms with van der Waals surface area (Å²) in [4.78, 5) is 26.7. The molecule has 1 N–H and O–H groups in total. The van der Waals surface area contributed by atoms with Crippen molar-refractivity contribution >= 4 is 11.8 Å². The van der Waals surface area contributed by atoms with Crippen LogP contribution in [-0.4, -0.2) is 27.8 Å². The van der Waals surface area contributed by atoms with E-state index in [9.17, 15) is 9.59 Å². The fourth-order valence-corrected chi connectivity index (χ4v) is 2.82. The summed E-state index contributed by atoms with van der Waals surface area (Å²) in [5, 5.41) is 2.80. The zero-order valence-electron chi connectivity index (χ0n) is 13.7. The molecule has 2 rings (SSSR count). The maximum atomic E-state index is 12.7. The number of nitrogens with one attached hydrogen (secondary N) is 1. The number of benzene rings is 1. The quantitative estimate of drug-likeness (QED) is 0.908. The van der Waals surface area contributed by atoms with E-state index in [2.05, 4.69) is 23.5 Å². The molecular formula is C17H24N2O2. The monoisotopic (exact) mass is 288 g/mol. The van der Waals surface area contributed by atoms with Crippen molar-refractivity contribution in [3.63, 3.8) is 0 Å². The maximum Gasteiger partial charge on any atom is 0.248 e. The predicted octanol–water partition coefficient (Wildman–Crippen LogP) is 2.32. The van der Waals surface area contributed by atoms with Gasteiger partial charge in [0.15, 0.2) is 0 Å². The summed E-state index contributed by atoms with van der Waals surface area (Å²) >= 11 is 0. The molecule has 1 fully saturated rings. The minimum atomic E-state index is -0.856. The number of piperazine rings is 1. The van der Waals surface area contributed by atoms with Gasteiger partial charge in [-0.2, -0.15) is 0 Å². The van der Waals surface area contributed by atoms with Crippen molar-refractivity contribution in [2.45, 2.75) is 59.2 Å². The summed E-state index contributed by atoms with van der Waals surface area (Å²) in [5.41, 5.74) is 1.68. The molecule has 1 saturated heterocycles. The molecule has 1 aromatic carbocycles. The van der Waals surface area contributed by atoms with Gasteiger partial charge >= 0.3 is 0 Å². The molecule has 4 nitrogen and oxygen atoms in total. The Morgan fingerprint density at radius 2 is 1.52 bits per heavy atom. The lowest BCUT2D eigenvalue weighted by atomic mass is 9.89. The third-order valence-electron chi connectivity index (χ3n) is 4.06. The van der Waals surface area contributed by atoms with Crippen molar-refractivity contribution in [3.8, 4) is 0 Å². The van der Waals surface area contributed by atoms with Crippen molar-refractivity contribution in [1.82, 2.24) is 10.2 Å². The van der Waals surface area contributed by atoms with E-state index in [0.717, 1.165) is 16.7 Å². The van der Waals surface area contributed by atoms with E-state index in [-0.39, 0.29) is 11.8 Å². The lowest BCUT2D eigenvalue weighted by Gasteiger charge is -2.47.